The van der Waals surface area contributed by atoms with Gasteiger partial charge in [0.05, 0.1) is 18.5 Å². The molecular formula is C19H15F2N3O2. The van der Waals surface area contributed by atoms with E-state index in [4.69, 9.17) is 4.74 Å². The fourth-order valence-corrected chi connectivity index (χ4v) is 3.19. The van der Waals surface area contributed by atoms with Crippen molar-refractivity contribution in [2.24, 2.45) is 0 Å². The number of nitrogens with zero attached hydrogens (tertiary/aromatic N) is 2. The van der Waals surface area contributed by atoms with E-state index in [1.165, 1.54) is 23.0 Å². The molecule has 0 fully saturated rings. The van der Waals surface area contributed by atoms with Crippen LogP contribution in [0.25, 0.3) is 5.69 Å². The van der Waals surface area contributed by atoms with Crippen molar-refractivity contribution in [2.75, 3.05) is 12.4 Å². The summed E-state index contributed by atoms with van der Waals surface area (Å²) in [5.41, 5.74) is 1.82. The SMILES string of the molecule is COc1ccc([C@@H]2CC(=O)Nc3c2ncn3-c2cc(F)cc(F)c2)cc1. The largest absolute Gasteiger partial charge is 0.497 e. The molecule has 1 aromatic heterocycles. The molecule has 1 aliphatic rings. The molecule has 3 aromatic rings. The van der Waals surface area contributed by atoms with Gasteiger partial charge in [0.1, 0.15) is 29.5 Å². The van der Waals surface area contributed by atoms with Crippen molar-refractivity contribution in [3.8, 4) is 11.4 Å². The molecule has 0 bridgehead atoms. The number of nitrogens with one attached hydrogen (secondary N) is 1. The molecule has 7 heteroatoms. The highest BCUT2D eigenvalue weighted by Gasteiger charge is 2.31. The second kappa shape index (κ2) is 6.25. The molecule has 0 unspecified atom stereocenters. The summed E-state index contributed by atoms with van der Waals surface area (Å²) in [6, 6.07) is 10.6. The molecule has 1 N–H and O–H groups in total. The first-order chi connectivity index (χ1) is 12.5. The molecule has 2 aromatic carbocycles. The van der Waals surface area contributed by atoms with Gasteiger partial charge in [0.2, 0.25) is 5.91 Å². The fourth-order valence-electron chi connectivity index (χ4n) is 3.19. The Bertz CT molecular complexity index is 963. The number of carbonyl (C=O) groups excluding carboxylic acids is 1. The van der Waals surface area contributed by atoms with Crippen LogP contribution in [0, 0.1) is 11.6 Å². The maximum Gasteiger partial charge on any atom is 0.226 e. The van der Waals surface area contributed by atoms with Crippen LogP contribution in [0.5, 0.6) is 5.75 Å². The van der Waals surface area contributed by atoms with E-state index in [2.05, 4.69) is 10.3 Å². The number of benzene rings is 2. The zero-order valence-electron chi connectivity index (χ0n) is 13.9. The van der Waals surface area contributed by atoms with Crippen LogP contribution < -0.4 is 10.1 Å². The van der Waals surface area contributed by atoms with E-state index >= 15 is 0 Å². The van der Waals surface area contributed by atoms with Gasteiger partial charge in [-0.25, -0.2) is 13.8 Å². The second-order valence-corrected chi connectivity index (χ2v) is 6.05. The molecular weight excluding hydrogens is 340 g/mol. The Balaban J connectivity index is 1.79. The molecule has 0 spiro atoms. The van der Waals surface area contributed by atoms with Crippen LogP contribution >= 0.6 is 0 Å². The van der Waals surface area contributed by atoms with Gasteiger partial charge in [-0.3, -0.25) is 9.36 Å². The maximum absolute atomic E-state index is 13.6. The summed E-state index contributed by atoms with van der Waals surface area (Å²) in [5, 5.41) is 2.76. The number of methoxy groups -OCH3 is 1. The third-order valence-corrected chi connectivity index (χ3v) is 4.42. The van der Waals surface area contributed by atoms with Crippen LogP contribution in [0.4, 0.5) is 14.6 Å². The number of ether oxygens (including phenoxy) is 1. The summed E-state index contributed by atoms with van der Waals surface area (Å²) >= 11 is 0. The predicted octanol–water partition coefficient (Wildman–Crippen LogP) is 3.63. The second-order valence-electron chi connectivity index (χ2n) is 6.05. The quantitative estimate of drug-likeness (QED) is 0.781. The van der Waals surface area contributed by atoms with Crippen LogP contribution in [0.15, 0.2) is 48.8 Å². The third-order valence-electron chi connectivity index (χ3n) is 4.42. The van der Waals surface area contributed by atoms with E-state index in [-0.39, 0.29) is 23.9 Å². The summed E-state index contributed by atoms with van der Waals surface area (Å²) in [6.45, 7) is 0. The van der Waals surface area contributed by atoms with Crippen LogP contribution in [-0.4, -0.2) is 22.6 Å². The van der Waals surface area contributed by atoms with Gasteiger partial charge in [0, 0.05) is 18.4 Å². The van der Waals surface area contributed by atoms with Crippen molar-refractivity contribution in [2.45, 2.75) is 12.3 Å². The van der Waals surface area contributed by atoms with Gasteiger partial charge in [-0.15, -0.1) is 0 Å². The summed E-state index contributed by atoms with van der Waals surface area (Å²) < 4.78 is 33.8. The molecule has 1 atom stereocenters. The number of carbonyl (C=O) groups is 1. The van der Waals surface area contributed by atoms with Crippen molar-refractivity contribution in [3.63, 3.8) is 0 Å². The van der Waals surface area contributed by atoms with E-state index in [0.29, 0.717) is 11.5 Å². The monoisotopic (exact) mass is 355 g/mol. The highest BCUT2D eigenvalue weighted by atomic mass is 19.1. The lowest BCUT2D eigenvalue weighted by atomic mass is 9.90. The molecule has 1 amide bonds. The van der Waals surface area contributed by atoms with Gasteiger partial charge < -0.3 is 10.1 Å². The minimum Gasteiger partial charge on any atom is -0.497 e. The number of hydrogen-bond donors (Lipinski definition) is 1. The topological polar surface area (TPSA) is 56.1 Å². The van der Waals surface area contributed by atoms with Gasteiger partial charge in [-0.2, -0.15) is 0 Å². The molecule has 132 valence electrons. The molecule has 0 saturated carbocycles. The van der Waals surface area contributed by atoms with Gasteiger partial charge in [-0.1, -0.05) is 12.1 Å². The van der Waals surface area contributed by atoms with Gasteiger partial charge in [0.25, 0.3) is 0 Å². The summed E-state index contributed by atoms with van der Waals surface area (Å²) in [5.74, 6) is -0.684. The molecule has 0 radical (unpaired) electrons. The third kappa shape index (κ3) is 2.81. The lowest BCUT2D eigenvalue weighted by molar-refractivity contribution is -0.116. The van der Waals surface area contributed by atoms with Crippen LogP contribution in [0.2, 0.25) is 0 Å². The molecule has 0 saturated heterocycles. The number of hydrogen-bond acceptors (Lipinski definition) is 3. The van der Waals surface area contributed by atoms with Gasteiger partial charge in [-0.05, 0) is 29.8 Å². The Kier molecular flexibility index (Phi) is 3.91. The van der Waals surface area contributed by atoms with E-state index in [1.807, 2.05) is 24.3 Å². The van der Waals surface area contributed by atoms with E-state index in [0.717, 1.165) is 17.4 Å². The fraction of sp³-hybridized carbons (Fsp3) is 0.158. The van der Waals surface area contributed by atoms with Crippen molar-refractivity contribution in [1.82, 2.24) is 9.55 Å². The number of imidazole rings is 1. The highest BCUT2D eigenvalue weighted by Crippen LogP contribution is 2.37. The normalized spacial score (nSPS) is 16.1. The van der Waals surface area contributed by atoms with Gasteiger partial charge in [0.15, 0.2) is 0 Å². The number of aromatic nitrogens is 2. The standard InChI is InChI=1S/C19H15F2N3O2/c1-26-15-4-2-11(3-5-15)16-9-17(25)23-19-18(16)22-10-24(19)14-7-12(20)6-13(21)8-14/h2-8,10,16H,9H2,1H3,(H,23,25)/t16-/m0/s1. The first-order valence-electron chi connectivity index (χ1n) is 8.02. The Morgan fingerprint density at radius 1 is 1.15 bits per heavy atom. The molecule has 0 aliphatic carbocycles. The minimum atomic E-state index is -0.698. The van der Waals surface area contributed by atoms with Crippen LogP contribution in [0.3, 0.4) is 0 Å². The zero-order chi connectivity index (χ0) is 18.3. The number of rotatable bonds is 3. The van der Waals surface area contributed by atoms with Crippen LogP contribution in [0.1, 0.15) is 23.6 Å². The van der Waals surface area contributed by atoms with E-state index < -0.39 is 11.6 Å². The predicted molar refractivity (Wildman–Crippen MR) is 91.6 cm³/mol. The smallest absolute Gasteiger partial charge is 0.226 e. The zero-order valence-corrected chi connectivity index (χ0v) is 13.9. The molecule has 4 rings (SSSR count). The lowest BCUT2D eigenvalue weighted by Crippen LogP contribution is -2.24. The molecule has 1 aliphatic heterocycles. The Morgan fingerprint density at radius 2 is 1.85 bits per heavy atom. The minimum absolute atomic E-state index is 0.183. The number of amides is 1. The van der Waals surface area contributed by atoms with Crippen LogP contribution in [-0.2, 0) is 4.79 Å². The van der Waals surface area contributed by atoms with E-state index in [9.17, 15) is 13.6 Å². The van der Waals surface area contributed by atoms with Crippen molar-refractivity contribution >= 4 is 11.7 Å². The van der Waals surface area contributed by atoms with Crippen molar-refractivity contribution in [1.29, 1.82) is 0 Å². The Hall–Kier alpha value is -3.22. The van der Waals surface area contributed by atoms with Crippen molar-refractivity contribution < 1.29 is 18.3 Å². The number of fused-ring (bicyclic) bond motifs is 1. The summed E-state index contributed by atoms with van der Waals surface area (Å²) in [4.78, 5) is 16.6. The summed E-state index contributed by atoms with van der Waals surface area (Å²) in [7, 11) is 1.58. The number of halogens is 2. The molecule has 5 nitrogen and oxygen atoms in total. The maximum atomic E-state index is 13.6. The lowest BCUT2D eigenvalue weighted by Gasteiger charge is -2.23. The average Bonchev–Trinajstić information content (AvgIpc) is 3.04. The van der Waals surface area contributed by atoms with Gasteiger partial charge >= 0.3 is 0 Å². The van der Waals surface area contributed by atoms with Crippen molar-refractivity contribution in [3.05, 3.63) is 71.7 Å². The Morgan fingerprint density at radius 3 is 2.50 bits per heavy atom. The highest BCUT2D eigenvalue weighted by molar-refractivity contribution is 5.94. The first kappa shape index (κ1) is 16.3. The molecule has 26 heavy (non-hydrogen) atoms. The molecule has 2 heterocycles. The first-order valence-corrected chi connectivity index (χ1v) is 8.02. The van der Waals surface area contributed by atoms with E-state index in [1.54, 1.807) is 7.11 Å². The average molecular weight is 355 g/mol. The summed E-state index contributed by atoms with van der Waals surface area (Å²) in [6.07, 6.45) is 1.70. The number of anilines is 1. The Labute approximate surface area is 148 Å².